The molecule has 0 saturated heterocycles. The van der Waals surface area contributed by atoms with Gasteiger partial charge < -0.3 is 8.98 Å². The molecular formula is C43H28N4O. The summed E-state index contributed by atoms with van der Waals surface area (Å²) in [5, 5.41) is 5.88. The first kappa shape index (κ1) is 26.8. The molecule has 3 aromatic heterocycles. The van der Waals surface area contributed by atoms with Crippen LogP contribution in [0.2, 0.25) is 0 Å². The molecule has 3 heterocycles. The van der Waals surface area contributed by atoms with Gasteiger partial charge in [0.1, 0.15) is 11.2 Å². The van der Waals surface area contributed by atoms with Gasteiger partial charge in [0.15, 0.2) is 17.5 Å². The molecule has 6 aromatic carbocycles. The Morgan fingerprint density at radius 2 is 1.29 bits per heavy atom. The third-order valence-corrected chi connectivity index (χ3v) is 9.51. The molecule has 0 unspecified atom stereocenters. The van der Waals surface area contributed by atoms with Crippen LogP contribution in [0, 0.1) is 0 Å². The molecule has 1 aliphatic carbocycles. The summed E-state index contributed by atoms with van der Waals surface area (Å²) < 4.78 is 9.04. The standard InChI is InChI=1S/C43H28N4O/c1-3-13-28(14-4-1)41-44-42(29-15-5-2-6-16-29)46-43(45-41)34-19-11-21-37-40(34)33-24-23-30(26-38(33)48-37)47-35-20-10-9-18-32(35)39-31-17-8-7-12-27(31)22-25-36(39)47/h1-9,11-19,21-26H,10,20H2. The summed E-state index contributed by atoms with van der Waals surface area (Å²) in [5.74, 6) is 1.89. The maximum absolute atomic E-state index is 6.61. The van der Waals surface area contributed by atoms with Crippen molar-refractivity contribution in [3.05, 3.63) is 151 Å². The molecule has 226 valence electrons. The minimum Gasteiger partial charge on any atom is -0.456 e. The fourth-order valence-corrected chi connectivity index (χ4v) is 7.35. The highest BCUT2D eigenvalue weighted by atomic mass is 16.3. The molecule has 0 spiro atoms. The van der Waals surface area contributed by atoms with E-state index in [1.54, 1.807) is 0 Å². The molecule has 5 nitrogen and oxygen atoms in total. The molecule has 0 aliphatic heterocycles. The zero-order chi connectivity index (χ0) is 31.6. The maximum Gasteiger partial charge on any atom is 0.164 e. The smallest absolute Gasteiger partial charge is 0.164 e. The van der Waals surface area contributed by atoms with Crippen molar-refractivity contribution in [1.82, 2.24) is 19.5 Å². The van der Waals surface area contributed by atoms with Gasteiger partial charge in [0.05, 0.1) is 5.52 Å². The van der Waals surface area contributed by atoms with E-state index < -0.39 is 0 Å². The number of rotatable bonds is 4. The Kier molecular flexibility index (Phi) is 5.93. The van der Waals surface area contributed by atoms with Crippen molar-refractivity contribution in [1.29, 1.82) is 0 Å². The van der Waals surface area contributed by atoms with Gasteiger partial charge in [-0.1, -0.05) is 115 Å². The molecule has 10 rings (SSSR count). The topological polar surface area (TPSA) is 56.7 Å². The lowest BCUT2D eigenvalue weighted by Crippen LogP contribution is -2.02. The maximum atomic E-state index is 6.61. The number of allylic oxidation sites excluding steroid dienone is 1. The molecule has 0 bridgehead atoms. The molecule has 5 heteroatoms. The highest BCUT2D eigenvalue weighted by Gasteiger charge is 2.22. The average molecular weight is 617 g/mol. The van der Waals surface area contributed by atoms with Gasteiger partial charge in [-0.25, -0.2) is 15.0 Å². The Hall–Kier alpha value is -6.33. The first-order valence-corrected chi connectivity index (χ1v) is 16.3. The quantitative estimate of drug-likeness (QED) is 0.197. The Labute approximate surface area is 276 Å². The van der Waals surface area contributed by atoms with Crippen molar-refractivity contribution in [2.75, 3.05) is 0 Å². The predicted octanol–water partition coefficient (Wildman–Crippen LogP) is 10.8. The lowest BCUT2D eigenvalue weighted by atomic mass is 9.98. The summed E-state index contributed by atoms with van der Waals surface area (Å²) in [7, 11) is 0. The van der Waals surface area contributed by atoms with E-state index in [4.69, 9.17) is 19.4 Å². The average Bonchev–Trinajstić information content (AvgIpc) is 3.71. The van der Waals surface area contributed by atoms with E-state index >= 15 is 0 Å². The van der Waals surface area contributed by atoms with Crippen molar-refractivity contribution in [2.45, 2.75) is 12.8 Å². The van der Waals surface area contributed by atoms with Crippen LogP contribution in [0.1, 0.15) is 17.7 Å². The number of fused-ring (bicyclic) bond motifs is 8. The first-order chi connectivity index (χ1) is 23.8. The van der Waals surface area contributed by atoms with Crippen molar-refractivity contribution < 1.29 is 4.42 Å². The minimum atomic E-state index is 0.615. The Morgan fingerprint density at radius 1 is 0.562 bits per heavy atom. The van der Waals surface area contributed by atoms with Gasteiger partial charge in [-0.05, 0) is 47.9 Å². The van der Waals surface area contributed by atoms with Crippen LogP contribution in [0.15, 0.2) is 144 Å². The van der Waals surface area contributed by atoms with Crippen LogP contribution < -0.4 is 0 Å². The first-order valence-electron chi connectivity index (χ1n) is 16.3. The summed E-state index contributed by atoms with van der Waals surface area (Å²) in [5.41, 5.74) is 9.40. The number of hydrogen-bond acceptors (Lipinski definition) is 4. The molecule has 0 saturated carbocycles. The van der Waals surface area contributed by atoms with Crippen molar-refractivity contribution in [3.8, 4) is 39.9 Å². The number of hydrogen-bond donors (Lipinski definition) is 0. The van der Waals surface area contributed by atoms with E-state index in [1.165, 1.54) is 32.9 Å². The van der Waals surface area contributed by atoms with Crippen LogP contribution in [-0.2, 0) is 6.42 Å². The van der Waals surface area contributed by atoms with Crippen molar-refractivity contribution in [3.63, 3.8) is 0 Å². The second-order valence-electron chi connectivity index (χ2n) is 12.3. The van der Waals surface area contributed by atoms with E-state index in [0.717, 1.165) is 57.2 Å². The third-order valence-electron chi connectivity index (χ3n) is 9.51. The second-order valence-corrected chi connectivity index (χ2v) is 12.3. The van der Waals surface area contributed by atoms with E-state index in [-0.39, 0.29) is 0 Å². The molecule has 48 heavy (non-hydrogen) atoms. The molecule has 0 fully saturated rings. The molecule has 0 atom stereocenters. The van der Waals surface area contributed by atoms with Crippen molar-refractivity contribution in [2.24, 2.45) is 0 Å². The van der Waals surface area contributed by atoms with Crippen LogP contribution in [-0.4, -0.2) is 19.5 Å². The molecule has 0 radical (unpaired) electrons. The fourth-order valence-electron chi connectivity index (χ4n) is 7.35. The lowest BCUT2D eigenvalue weighted by Gasteiger charge is -2.13. The van der Waals surface area contributed by atoms with Gasteiger partial charge in [0.25, 0.3) is 0 Å². The molecular weight excluding hydrogens is 589 g/mol. The summed E-state index contributed by atoms with van der Waals surface area (Å²) in [6.45, 7) is 0. The van der Waals surface area contributed by atoms with Gasteiger partial charge in [-0.2, -0.15) is 0 Å². The van der Waals surface area contributed by atoms with Crippen LogP contribution in [0.3, 0.4) is 0 Å². The molecule has 1 aliphatic rings. The van der Waals surface area contributed by atoms with Gasteiger partial charge in [-0.3, -0.25) is 0 Å². The molecule has 9 aromatic rings. The summed E-state index contributed by atoms with van der Waals surface area (Å²) in [6.07, 6.45) is 6.62. The number of nitrogens with zero attached hydrogens (tertiary/aromatic N) is 4. The van der Waals surface area contributed by atoms with E-state index in [9.17, 15) is 0 Å². The van der Waals surface area contributed by atoms with Gasteiger partial charge in [0.2, 0.25) is 0 Å². The Morgan fingerprint density at radius 3 is 2.08 bits per heavy atom. The number of furan rings is 1. The van der Waals surface area contributed by atoms with E-state index in [1.807, 2.05) is 72.8 Å². The van der Waals surface area contributed by atoms with Gasteiger partial charge >= 0.3 is 0 Å². The zero-order valence-electron chi connectivity index (χ0n) is 26.0. The van der Waals surface area contributed by atoms with Crippen LogP contribution >= 0.6 is 0 Å². The zero-order valence-corrected chi connectivity index (χ0v) is 26.0. The largest absolute Gasteiger partial charge is 0.456 e. The van der Waals surface area contributed by atoms with E-state index in [0.29, 0.717) is 17.5 Å². The van der Waals surface area contributed by atoms with Crippen LogP contribution in [0.5, 0.6) is 0 Å². The lowest BCUT2D eigenvalue weighted by molar-refractivity contribution is 0.668. The highest BCUT2D eigenvalue weighted by Crippen LogP contribution is 2.41. The molecule has 0 amide bonds. The van der Waals surface area contributed by atoms with Gasteiger partial charge in [0, 0.05) is 55.9 Å². The monoisotopic (exact) mass is 616 g/mol. The highest BCUT2D eigenvalue weighted by molar-refractivity contribution is 6.14. The minimum absolute atomic E-state index is 0.615. The van der Waals surface area contributed by atoms with Crippen LogP contribution in [0.25, 0.3) is 89.5 Å². The summed E-state index contributed by atoms with van der Waals surface area (Å²) >= 11 is 0. The molecule has 0 N–H and O–H groups in total. The van der Waals surface area contributed by atoms with Gasteiger partial charge in [-0.15, -0.1) is 0 Å². The third kappa shape index (κ3) is 4.14. The Balaban J connectivity index is 1.18. The predicted molar refractivity (Wildman–Crippen MR) is 195 cm³/mol. The van der Waals surface area contributed by atoms with E-state index in [2.05, 4.69) is 77.4 Å². The summed E-state index contributed by atoms with van der Waals surface area (Å²) in [4.78, 5) is 14.9. The van der Waals surface area contributed by atoms with Crippen LogP contribution in [0.4, 0.5) is 0 Å². The number of aromatic nitrogens is 4. The number of benzene rings is 6. The Bertz CT molecular complexity index is 2660. The SMILES string of the molecule is C1=Cc2c(n(-c3ccc4c(c3)oc3cccc(-c5nc(-c6ccccc6)nc(-c6ccccc6)n5)c34)c3ccc4ccccc4c23)CC1. The fraction of sp³-hybridized carbons (Fsp3) is 0.0465. The second kappa shape index (κ2) is 10.6. The van der Waals surface area contributed by atoms with Crippen molar-refractivity contribution >= 4 is 49.7 Å². The summed E-state index contributed by atoms with van der Waals surface area (Å²) in [6, 6.07) is 46.1. The normalized spacial score (nSPS) is 12.8.